The summed E-state index contributed by atoms with van der Waals surface area (Å²) in [5.74, 6) is -1.35. The van der Waals surface area contributed by atoms with Crippen LogP contribution in [0, 0.1) is 5.82 Å². The average Bonchev–Trinajstić information content (AvgIpc) is 3.25. The van der Waals surface area contributed by atoms with Gasteiger partial charge in [0.2, 0.25) is 0 Å². The first-order valence-corrected chi connectivity index (χ1v) is 11.4. The van der Waals surface area contributed by atoms with Gasteiger partial charge in [0, 0.05) is 48.8 Å². The van der Waals surface area contributed by atoms with E-state index in [0.717, 1.165) is 6.07 Å². The number of aryl methyl sites for hydroxylation is 1. The maximum absolute atomic E-state index is 13.8. The fraction of sp³-hybridized carbons (Fsp3) is 0.391. The molecule has 0 amide bonds. The molecule has 2 aliphatic rings. The van der Waals surface area contributed by atoms with Crippen molar-refractivity contribution in [1.29, 1.82) is 0 Å². The zero-order valence-electron chi connectivity index (χ0n) is 19.2. The maximum Gasteiger partial charge on any atom is 0.338 e. The molecule has 1 aromatic heterocycles. The van der Waals surface area contributed by atoms with Crippen LogP contribution in [0.5, 0.6) is 0 Å². The lowest BCUT2D eigenvalue weighted by Gasteiger charge is -2.35. The smallest absolute Gasteiger partial charge is 0.338 e. The molecule has 2 N–H and O–H groups in total. The zero-order chi connectivity index (χ0) is 25.1. The van der Waals surface area contributed by atoms with Crippen molar-refractivity contribution in [1.82, 2.24) is 19.8 Å². The number of benzene rings is 1. The summed E-state index contributed by atoms with van der Waals surface area (Å²) in [7, 11) is 1.79. The summed E-state index contributed by atoms with van der Waals surface area (Å²) in [5.41, 5.74) is 0.961. The molecule has 0 saturated carbocycles. The second kappa shape index (κ2) is 10.5. The number of hydrogen-bond donors (Lipinski definition) is 2. The number of aliphatic carboxylic acids is 1. The highest BCUT2D eigenvalue weighted by Gasteiger charge is 2.37. The minimum atomic E-state index is -1.03. The van der Waals surface area contributed by atoms with Crippen molar-refractivity contribution in [3.63, 3.8) is 0 Å². The highest BCUT2D eigenvalue weighted by molar-refractivity contribution is 6.31. The normalized spacial score (nSPS) is 20.9. The molecule has 0 aliphatic carbocycles. The van der Waals surface area contributed by atoms with E-state index < -0.39 is 29.8 Å². The Morgan fingerprint density at radius 1 is 1.40 bits per heavy atom. The van der Waals surface area contributed by atoms with Crippen LogP contribution in [0.2, 0.25) is 5.02 Å². The Labute approximate surface area is 206 Å². The molecule has 2 aliphatic heterocycles. The maximum atomic E-state index is 13.8. The van der Waals surface area contributed by atoms with E-state index in [0.29, 0.717) is 36.1 Å². The van der Waals surface area contributed by atoms with Gasteiger partial charge < -0.3 is 24.5 Å². The van der Waals surface area contributed by atoms with Crippen molar-refractivity contribution >= 4 is 29.4 Å². The van der Waals surface area contributed by atoms with Gasteiger partial charge in [0.05, 0.1) is 25.4 Å². The van der Waals surface area contributed by atoms with E-state index in [9.17, 15) is 19.1 Å². The van der Waals surface area contributed by atoms with Crippen LogP contribution in [0.4, 0.5) is 4.39 Å². The van der Waals surface area contributed by atoms with Gasteiger partial charge in [0.25, 0.3) is 0 Å². The van der Waals surface area contributed by atoms with E-state index in [1.165, 1.54) is 12.1 Å². The molecule has 1 saturated heterocycles. The highest BCUT2D eigenvalue weighted by Crippen LogP contribution is 2.36. The van der Waals surface area contributed by atoms with Gasteiger partial charge in [-0.2, -0.15) is 0 Å². The second-order valence-electron chi connectivity index (χ2n) is 8.04. The van der Waals surface area contributed by atoms with Crippen molar-refractivity contribution < 1.29 is 28.6 Å². The van der Waals surface area contributed by atoms with Gasteiger partial charge in [0.15, 0.2) is 11.7 Å². The third kappa shape index (κ3) is 5.21. The van der Waals surface area contributed by atoms with Crippen LogP contribution < -0.4 is 5.32 Å². The molecule has 12 heteroatoms. The number of morpholine rings is 1. The first-order valence-electron chi connectivity index (χ1n) is 11.0. The molecule has 2 atom stereocenters. The van der Waals surface area contributed by atoms with Gasteiger partial charge in [-0.05, 0) is 19.1 Å². The number of rotatable bonds is 7. The van der Waals surface area contributed by atoms with Crippen molar-refractivity contribution in [2.24, 2.45) is 12.0 Å². The van der Waals surface area contributed by atoms with Crippen LogP contribution >= 0.6 is 11.6 Å². The van der Waals surface area contributed by atoms with Crippen LogP contribution in [0.25, 0.3) is 0 Å². The van der Waals surface area contributed by atoms with Gasteiger partial charge in [-0.15, -0.1) is 0 Å². The fourth-order valence-electron chi connectivity index (χ4n) is 4.08. The number of carboxylic acids is 1. The molecule has 2 aromatic rings. The van der Waals surface area contributed by atoms with E-state index in [2.05, 4.69) is 10.3 Å². The third-order valence-corrected chi connectivity index (χ3v) is 6.12. The number of carbonyl (C=O) groups excluding carboxylic acids is 1. The number of aromatic nitrogens is 2. The number of imidazole rings is 1. The number of aliphatic imine (C=N–C) groups is 1. The number of carbonyl (C=O) groups is 2. The molecule has 4 rings (SSSR count). The molecule has 35 heavy (non-hydrogen) atoms. The predicted molar refractivity (Wildman–Crippen MR) is 125 cm³/mol. The molecule has 0 radical (unpaired) electrons. The van der Waals surface area contributed by atoms with Crippen molar-refractivity contribution in [3.05, 3.63) is 64.1 Å². The Balaban J connectivity index is 1.85. The SMILES string of the molecule is CCOC(=O)C1=C(CN2CCOC[C@H]2C(=O)O)NC(c2nccn2C)=N[C@H]1c1ccc(F)cc1Cl. The van der Waals surface area contributed by atoms with Crippen LogP contribution in [0.1, 0.15) is 24.4 Å². The quantitative estimate of drug-likeness (QED) is 0.548. The van der Waals surface area contributed by atoms with Crippen molar-refractivity contribution in [2.75, 3.05) is 32.9 Å². The Kier molecular flexibility index (Phi) is 7.48. The molecule has 10 nitrogen and oxygen atoms in total. The predicted octanol–water partition coefficient (Wildman–Crippen LogP) is 1.91. The monoisotopic (exact) mass is 505 g/mol. The molecule has 0 spiro atoms. The van der Waals surface area contributed by atoms with Crippen LogP contribution in [0.15, 0.2) is 46.9 Å². The standard InChI is InChI=1S/C23H25ClFN5O5/c1-3-35-23(33)18-16(11-30-8-9-34-12-17(30)22(31)32)27-20(21-26-6-7-29(21)2)28-19(18)14-5-4-13(25)10-15(14)24/h4-7,10,17,19H,3,8-9,11-12H2,1-2H3,(H,27,28)(H,31,32)/t17-,19-/m0/s1. The Morgan fingerprint density at radius 2 is 2.20 bits per heavy atom. The molecule has 1 aromatic carbocycles. The zero-order valence-corrected chi connectivity index (χ0v) is 20.0. The average molecular weight is 506 g/mol. The number of nitrogens with zero attached hydrogens (tertiary/aromatic N) is 4. The van der Waals surface area contributed by atoms with E-state index in [4.69, 9.17) is 26.1 Å². The molecular weight excluding hydrogens is 481 g/mol. The van der Waals surface area contributed by atoms with Crippen LogP contribution in [0.3, 0.4) is 0 Å². The Hall–Kier alpha value is -3.28. The fourth-order valence-corrected chi connectivity index (χ4v) is 4.35. The highest BCUT2D eigenvalue weighted by atomic mass is 35.5. The number of amidine groups is 1. The number of nitrogens with one attached hydrogen (secondary N) is 1. The Bertz CT molecular complexity index is 1200. The van der Waals surface area contributed by atoms with Crippen molar-refractivity contribution in [2.45, 2.75) is 19.0 Å². The summed E-state index contributed by atoms with van der Waals surface area (Å²) in [5, 5.41) is 13.0. The lowest BCUT2D eigenvalue weighted by molar-refractivity contribution is -0.149. The topological polar surface area (TPSA) is 118 Å². The largest absolute Gasteiger partial charge is 0.480 e. The first-order chi connectivity index (χ1) is 16.8. The molecule has 3 heterocycles. The summed E-state index contributed by atoms with van der Waals surface area (Å²) >= 11 is 6.39. The van der Waals surface area contributed by atoms with E-state index >= 15 is 0 Å². The van der Waals surface area contributed by atoms with E-state index in [1.54, 1.807) is 35.8 Å². The van der Waals surface area contributed by atoms with Crippen LogP contribution in [-0.2, 0) is 26.1 Å². The van der Waals surface area contributed by atoms with E-state index in [-0.39, 0.29) is 30.4 Å². The summed E-state index contributed by atoms with van der Waals surface area (Å²) in [6, 6.07) is 2.03. The number of carboxylic acid groups (broad SMARTS) is 1. The lowest BCUT2D eigenvalue weighted by Crippen LogP contribution is -2.52. The summed E-state index contributed by atoms with van der Waals surface area (Å²) in [4.78, 5) is 35.8. The summed E-state index contributed by atoms with van der Waals surface area (Å²) in [6.07, 6.45) is 3.35. The van der Waals surface area contributed by atoms with Gasteiger partial charge in [0.1, 0.15) is 17.9 Å². The van der Waals surface area contributed by atoms with Crippen LogP contribution in [-0.4, -0.2) is 76.3 Å². The molecule has 186 valence electrons. The number of esters is 1. The minimum absolute atomic E-state index is 0.0187. The summed E-state index contributed by atoms with van der Waals surface area (Å²) in [6.45, 7) is 2.58. The van der Waals surface area contributed by atoms with Crippen molar-refractivity contribution in [3.8, 4) is 0 Å². The third-order valence-electron chi connectivity index (χ3n) is 5.80. The minimum Gasteiger partial charge on any atom is -0.480 e. The van der Waals surface area contributed by atoms with E-state index in [1.807, 2.05) is 0 Å². The molecule has 0 unspecified atom stereocenters. The second-order valence-corrected chi connectivity index (χ2v) is 8.45. The number of halogens is 2. The summed E-state index contributed by atoms with van der Waals surface area (Å²) < 4.78 is 26.3. The van der Waals surface area contributed by atoms with Gasteiger partial charge >= 0.3 is 11.9 Å². The first kappa shape index (κ1) is 24.8. The Morgan fingerprint density at radius 3 is 2.86 bits per heavy atom. The van der Waals surface area contributed by atoms with Gasteiger partial charge in [-0.3, -0.25) is 14.7 Å². The molecular formula is C23H25ClFN5O5. The molecule has 1 fully saturated rings. The number of hydrogen-bond acceptors (Lipinski definition) is 8. The van der Waals surface area contributed by atoms with Gasteiger partial charge in [-0.1, -0.05) is 17.7 Å². The molecule has 0 bridgehead atoms. The number of ether oxygens (including phenoxy) is 2. The van der Waals surface area contributed by atoms with Gasteiger partial charge in [-0.25, -0.2) is 14.2 Å². The lowest BCUT2D eigenvalue weighted by atomic mass is 9.94.